The second kappa shape index (κ2) is 4.93. The van der Waals surface area contributed by atoms with Crippen LogP contribution < -0.4 is 10.1 Å². The Morgan fingerprint density at radius 3 is 2.61 bits per heavy atom. The number of ether oxygens (including phenoxy) is 1. The summed E-state index contributed by atoms with van der Waals surface area (Å²) < 4.78 is 5.78. The van der Waals surface area contributed by atoms with E-state index in [2.05, 4.69) is 51.3 Å². The van der Waals surface area contributed by atoms with E-state index < -0.39 is 0 Å². The lowest BCUT2D eigenvalue weighted by atomic mass is 9.95. The first-order valence-corrected chi connectivity index (χ1v) is 6.90. The van der Waals surface area contributed by atoms with Gasteiger partial charge in [0.25, 0.3) is 0 Å². The average molecular weight is 247 g/mol. The normalized spacial score (nSPS) is 22.6. The predicted octanol–water partition coefficient (Wildman–Crippen LogP) is 3.70. The van der Waals surface area contributed by atoms with Crippen molar-refractivity contribution in [3.05, 3.63) is 29.3 Å². The van der Waals surface area contributed by atoms with E-state index in [4.69, 9.17) is 4.74 Å². The highest BCUT2D eigenvalue weighted by atomic mass is 16.5. The third kappa shape index (κ3) is 2.54. The molecule has 0 heterocycles. The van der Waals surface area contributed by atoms with Crippen LogP contribution in [0.1, 0.15) is 44.4 Å². The molecule has 2 unspecified atom stereocenters. The maximum absolute atomic E-state index is 5.78. The SMILES string of the molecule is CCOc1ccc(C)cc1C(NC)C1CC1(C)C. The molecular weight excluding hydrogens is 222 g/mol. The molecule has 0 aromatic heterocycles. The van der Waals surface area contributed by atoms with Gasteiger partial charge in [-0.1, -0.05) is 31.5 Å². The van der Waals surface area contributed by atoms with Crippen LogP contribution in [0.15, 0.2) is 18.2 Å². The minimum Gasteiger partial charge on any atom is -0.494 e. The number of hydrogen-bond acceptors (Lipinski definition) is 2. The molecule has 0 radical (unpaired) electrons. The molecule has 1 saturated carbocycles. The minimum atomic E-state index is 0.404. The zero-order valence-electron chi connectivity index (χ0n) is 12.2. The molecule has 1 aliphatic rings. The quantitative estimate of drug-likeness (QED) is 0.856. The van der Waals surface area contributed by atoms with Crippen LogP contribution in [0.3, 0.4) is 0 Å². The Balaban J connectivity index is 2.32. The van der Waals surface area contributed by atoms with Gasteiger partial charge in [0, 0.05) is 11.6 Å². The van der Waals surface area contributed by atoms with Crippen LogP contribution in [-0.4, -0.2) is 13.7 Å². The number of aryl methyl sites for hydroxylation is 1. The maximum Gasteiger partial charge on any atom is 0.124 e. The van der Waals surface area contributed by atoms with Crippen molar-refractivity contribution in [2.75, 3.05) is 13.7 Å². The molecule has 2 nitrogen and oxygen atoms in total. The van der Waals surface area contributed by atoms with Crippen LogP contribution in [0.5, 0.6) is 5.75 Å². The van der Waals surface area contributed by atoms with E-state index in [0.717, 1.165) is 12.4 Å². The first kappa shape index (κ1) is 13.4. The second-order valence-corrected chi connectivity index (χ2v) is 6.04. The van der Waals surface area contributed by atoms with Gasteiger partial charge >= 0.3 is 0 Å². The van der Waals surface area contributed by atoms with Crippen molar-refractivity contribution >= 4 is 0 Å². The summed E-state index contributed by atoms with van der Waals surface area (Å²) in [6, 6.07) is 6.90. The van der Waals surface area contributed by atoms with Gasteiger partial charge in [0.2, 0.25) is 0 Å². The molecule has 1 fully saturated rings. The van der Waals surface area contributed by atoms with Crippen molar-refractivity contribution < 1.29 is 4.74 Å². The van der Waals surface area contributed by atoms with Gasteiger partial charge in [0.05, 0.1) is 6.61 Å². The highest BCUT2D eigenvalue weighted by molar-refractivity contribution is 5.40. The fourth-order valence-electron chi connectivity index (χ4n) is 2.85. The highest BCUT2D eigenvalue weighted by Gasteiger charge is 2.50. The molecule has 2 heteroatoms. The lowest BCUT2D eigenvalue weighted by Gasteiger charge is -2.22. The molecule has 0 aliphatic heterocycles. The standard InChI is InChI=1S/C16H25NO/c1-6-18-14-8-7-11(2)9-12(14)15(17-5)13-10-16(13,3)4/h7-9,13,15,17H,6,10H2,1-5H3. The van der Waals surface area contributed by atoms with E-state index in [1.54, 1.807) is 0 Å². The Morgan fingerprint density at radius 1 is 1.44 bits per heavy atom. The summed E-state index contributed by atoms with van der Waals surface area (Å²) in [7, 11) is 2.05. The fourth-order valence-corrected chi connectivity index (χ4v) is 2.85. The molecule has 1 aromatic carbocycles. The summed E-state index contributed by atoms with van der Waals surface area (Å²) in [6.07, 6.45) is 1.29. The first-order chi connectivity index (χ1) is 8.49. The molecule has 1 N–H and O–H groups in total. The zero-order valence-corrected chi connectivity index (χ0v) is 12.2. The fraction of sp³-hybridized carbons (Fsp3) is 0.625. The third-order valence-corrected chi connectivity index (χ3v) is 4.10. The number of rotatable bonds is 5. The van der Waals surface area contributed by atoms with Crippen LogP contribution in [0, 0.1) is 18.3 Å². The number of hydrogen-bond donors (Lipinski definition) is 1. The second-order valence-electron chi connectivity index (χ2n) is 6.04. The van der Waals surface area contributed by atoms with E-state index in [-0.39, 0.29) is 0 Å². The van der Waals surface area contributed by atoms with E-state index >= 15 is 0 Å². The highest BCUT2D eigenvalue weighted by Crippen LogP contribution is 2.58. The lowest BCUT2D eigenvalue weighted by Crippen LogP contribution is -2.21. The van der Waals surface area contributed by atoms with Crippen LogP contribution >= 0.6 is 0 Å². The summed E-state index contributed by atoms with van der Waals surface area (Å²) in [5, 5.41) is 3.48. The molecule has 2 atom stereocenters. The average Bonchev–Trinajstić information content (AvgIpc) is 2.92. The largest absolute Gasteiger partial charge is 0.494 e. The van der Waals surface area contributed by atoms with Crippen LogP contribution in [0.4, 0.5) is 0 Å². The van der Waals surface area contributed by atoms with Crippen molar-refractivity contribution in [3.8, 4) is 5.75 Å². The molecule has 0 saturated heterocycles. The maximum atomic E-state index is 5.78. The van der Waals surface area contributed by atoms with Gasteiger partial charge in [-0.15, -0.1) is 0 Å². The van der Waals surface area contributed by atoms with Gasteiger partial charge in [-0.25, -0.2) is 0 Å². The summed E-state index contributed by atoms with van der Waals surface area (Å²) >= 11 is 0. The smallest absolute Gasteiger partial charge is 0.124 e. The van der Waals surface area contributed by atoms with Crippen LogP contribution in [0.25, 0.3) is 0 Å². The summed E-state index contributed by atoms with van der Waals surface area (Å²) in [5.41, 5.74) is 3.07. The van der Waals surface area contributed by atoms with Crippen LogP contribution in [-0.2, 0) is 0 Å². The number of nitrogens with one attached hydrogen (secondary N) is 1. The Morgan fingerprint density at radius 2 is 2.11 bits per heavy atom. The van der Waals surface area contributed by atoms with Gasteiger partial charge in [-0.05, 0) is 44.7 Å². The van der Waals surface area contributed by atoms with Gasteiger partial charge in [-0.2, -0.15) is 0 Å². The molecule has 18 heavy (non-hydrogen) atoms. The van der Waals surface area contributed by atoms with Gasteiger partial charge in [0.1, 0.15) is 5.75 Å². The topological polar surface area (TPSA) is 21.3 Å². The Labute approximate surface area is 111 Å². The van der Waals surface area contributed by atoms with E-state index in [0.29, 0.717) is 17.4 Å². The molecule has 0 bridgehead atoms. The van der Waals surface area contributed by atoms with Crippen molar-refractivity contribution in [2.45, 2.75) is 40.2 Å². The Bertz CT molecular complexity index is 425. The van der Waals surface area contributed by atoms with Crippen molar-refractivity contribution in [3.63, 3.8) is 0 Å². The molecular formula is C16H25NO. The van der Waals surface area contributed by atoms with E-state index in [1.165, 1.54) is 17.5 Å². The monoisotopic (exact) mass is 247 g/mol. The zero-order chi connectivity index (χ0) is 13.3. The van der Waals surface area contributed by atoms with Crippen molar-refractivity contribution in [1.29, 1.82) is 0 Å². The van der Waals surface area contributed by atoms with Crippen molar-refractivity contribution in [2.24, 2.45) is 11.3 Å². The van der Waals surface area contributed by atoms with Gasteiger partial charge in [-0.3, -0.25) is 0 Å². The summed E-state index contributed by atoms with van der Waals surface area (Å²) in [6.45, 7) is 9.60. The molecule has 0 spiro atoms. The molecule has 1 aliphatic carbocycles. The molecule has 0 amide bonds. The minimum absolute atomic E-state index is 0.404. The summed E-state index contributed by atoms with van der Waals surface area (Å²) in [5.74, 6) is 1.74. The van der Waals surface area contributed by atoms with Gasteiger partial charge in [0.15, 0.2) is 0 Å². The molecule has 2 rings (SSSR count). The summed E-state index contributed by atoms with van der Waals surface area (Å²) in [4.78, 5) is 0. The third-order valence-electron chi connectivity index (χ3n) is 4.10. The molecule has 100 valence electrons. The predicted molar refractivity (Wildman–Crippen MR) is 76.0 cm³/mol. The Kier molecular flexibility index (Phi) is 3.67. The first-order valence-electron chi connectivity index (χ1n) is 6.90. The van der Waals surface area contributed by atoms with Gasteiger partial charge < -0.3 is 10.1 Å². The Hall–Kier alpha value is -1.02. The van der Waals surface area contributed by atoms with E-state index in [9.17, 15) is 0 Å². The van der Waals surface area contributed by atoms with E-state index in [1.807, 2.05) is 6.92 Å². The molecule has 1 aromatic rings. The van der Waals surface area contributed by atoms with Crippen LogP contribution in [0.2, 0.25) is 0 Å². The lowest BCUT2D eigenvalue weighted by molar-refractivity contribution is 0.326. The van der Waals surface area contributed by atoms with Crippen molar-refractivity contribution in [1.82, 2.24) is 5.32 Å². The number of benzene rings is 1.